The van der Waals surface area contributed by atoms with E-state index < -0.39 is 5.97 Å². The van der Waals surface area contributed by atoms with Crippen molar-refractivity contribution in [3.05, 3.63) is 101 Å². The number of H-pyrrole nitrogens is 2. The van der Waals surface area contributed by atoms with Gasteiger partial charge < -0.3 is 19.8 Å². The van der Waals surface area contributed by atoms with Crippen molar-refractivity contribution in [2.75, 3.05) is 6.61 Å². The summed E-state index contributed by atoms with van der Waals surface area (Å²) in [6.45, 7) is 4.52. The third kappa shape index (κ3) is 4.30. The third-order valence-electron chi connectivity index (χ3n) is 6.85. The van der Waals surface area contributed by atoms with Crippen molar-refractivity contribution in [1.29, 1.82) is 0 Å². The molecule has 0 bridgehead atoms. The first-order valence-corrected chi connectivity index (χ1v) is 12.2. The molecule has 0 saturated carbocycles. The molecule has 5 heteroatoms. The van der Waals surface area contributed by atoms with Gasteiger partial charge in [0.25, 0.3) is 0 Å². The van der Waals surface area contributed by atoms with Gasteiger partial charge in [0.1, 0.15) is 5.75 Å². The molecule has 5 rings (SSSR count). The molecule has 0 unspecified atom stereocenters. The molecule has 5 nitrogen and oxygen atoms in total. The topological polar surface area (TPSA) is 78.1 Å². The predicted octanol–water partition coefficient (Wildman–Crippen LogP) is 6.81. The van der Waals surface area contributed by atoms with E-state index in [2.05, 4.69) is 84.7 Å². The Hall–Kier alpha value is -3.99. The zero-order chi connectivity index (χ0) is 24.4. The number of fused-ring (bicyclic) bond motifs is 2. The number of aromatic nitrogens is 2. The monoisotopic (exact) mass is 466 g/mol. The Bertz CT molecular complexity index is 1400. The van der Waals surface area contributed by atoms with Crippen molar-refractivity contribution < 1.29 is 14.6 Å². The fraction of sp³-hybridized carbons (Fsp3) is 0.233. The maximum atomic E-state index is 10.8. The normalized spacial score (nSPS) is 11.5. The van der Waals surface area contributed by atoms with Gasteiger partial charge in [-0.3, -0.25) is 4.79 Å². The summed E-state index contributed by atoms with van der Waals surface area (Å²) in [5.41, 5.74) is 8.62. The van der Waals surface area contributed by atoms with Gasteiger partial charge in [0.2, 0.25) is 0 Å². The lowest BCUT2D eigenvalue weighted by atomic mass is 9.84. The van der Waals surface area contributed by atoms with Crippen molar-refractivity contribution >= 4 is 27.8 Å². The summed E-state index contributed by atoms with van der Waals surface area (Å²) < 4.78 is 5.64. The van der Waals surface area contributed by atoms with Gasteiger partial charge in [-0.15, -0.1) is 0 Å². The summed E-state index contributed by atoms with van der Waals surface area (Å²) in [7, 11) is 0. The first kappa shape index (κ1) is 22.8. The molecule has 0 radical (unpaired) electrons. The van der Waals surface area contributed by atoms with Crippen LogP contribution >= 0.6 is 0 Å². The highest BCUT2D eigenvalue weighted by Gasteiger charge is 2.24. The van der Waals surface area contributed by atoms with Gasteiger partial charge in [0.15, 0.2) is 0 Å². The molecule has 3 N–H and O–H groups in total. The van der Waals surface area contributed by atoms with Crippen molar-refractivity contribution in [3.8, 4) is 5.75 Å². The van der Waals surface area contributed by atoms with Gasteiger partial charge in [-0.2, -0.15) is 0 Å². The van der Waals surface area contributed by atoms with Crippen LogP contribution in [0, 0.1) is 0 Å². The predicted molar refractivity (Wildman–Crippen MR) is 140 cm³/mol. The van der Waals surface area contributed by atoms with E-state index in [0.29, 0.717) is 5.75 Å². The van der Waals surface area contributed by atoms with Gasteiger partial charge >= 0.3 is 5.97 Å². The smallest absolute Gasteiger partial charge is 0.306 e. The fourth-order valence-corrected chi connectivity index (χ4v) is 5.08. The molecular formula is C30H30N2O3. The van der Waals surface area contributed by atoms with E-state index in [-0.39, 0.29) is 18.9 Å². The number of benzene rings is 3. The van der Waals surface area contributed by atoms with Gasteiger partial charge in [0, 0.05) is 40.1 Å². The van der Waals surface area contributed by atoms with Crippen molar-refractivity contribution in [2.45, 2.75) is 39.0 Å². The van der Waals surface area contributed by atoms with Gasteiger partial charge in [-0.1, -0.05) is 62.4 Å². The first-order chi connectivity index (χ1) is 17.1. The lowest BCUT2D eigenvalue weighted by Gasteiger charge is -2.18. The summed E-state index contributed by atoms with van der Waals surface area (Å²) in [4.78, 5) is 17.9. The molecule has 2 aromatic heterocycles. The van der Waals surface area contributed by atoms with E-state index in [0.717, 1.165) is 18.4 Å². The van der Waals surface area contributed by atoms with Crippen LogP contribution in [0.3, 0.4) is 0 Å². The molecule has 0 saturated heterocycles. The lowest BCUT2D eigenvalue weighted by Crippen LogP contribution is -2.05. The van der Waals surface area contributed by atoms with E-state index in [4.69, 9.17) is 9.84 Å². The van der Waals surface area contributed by atoms with Crippen LogP contribution in [0.2, 0.25) is 0 Å². The number of hydrogen-bond donors (Lipinski definition) is 3. The molecule has 5 aromatic rings. The number of aromatic amines is 2. The SMILES string of the molecule is CCc1cccc2c(C(c3ccc(OCCC(=O)O)cc3)c3c[nH]c4c(CC)cccc34)c[nH]c12. The third-order valence-corrected chi connectivity index (χ3v) is 6.85. The van der Waals surface area contributed by atoms with E-state index in [1.807, 2.05) is 12.1 Å². The highest BCUT2D eigenvalue weighted by atomic mass is 16.5. The highest BCUT2D eigenvalue weighted by Crippen LogP contribution is 2.40. The second-order valence-electron chi connectivity index (χ2n) is 8.87. The fourth-order valence-electron chi connectivity index (χ4n) is 5.08. The average molecular weight is 467 g/mol. The Morgan fingerprint density at radius 1 is 0.829 bits per heavy atom. The van der Waals surface area contributed by atoms with Crippen LogP contribution in [0.25, 0.3) is 21.8 Å². The van der Waals surface area contributed by atoms with E-state index in [1.54, 1.807) is 0 Å². The maximum Gasteiger partial charge on any atom is 0.306 e. The summed E-state index contributed by atoms with van der Waals surface area (Å²) in [6.07, 6.45) is 6.21. The molecule has 2 heterocycles. The Kier molecular flexibility index (Phi) is 6.32. The largest absolute Gasteiger partial charge is 0.493 e. The number of carboxylic acids is 1. The number of aliphatic carboxylic acids is 1. The molecule has 178 valence electrons. The minimum absolute atomic E-state index is 0.0183. The van der Waals surface area contributed by atoms with Crippen molar-refractivity contribution in [2.24, 2.45) is 0 Å². The molecule has 35 heavy (non-hydrogen) atoms. The Morgan fingerprint density at radius 2 is 1.37 bits per heavy atom. The number of carbonyl (C=O) groups is 1. The number of rotatable bonds is 9. The van der Waals surface area contributed by atoms with Crippen LogP contribution in [-0.2, 0) is 17.6 Å². The number of aryl methyl sites for hydroxylation is 2. The molecule has 0 amide bonds. The average Bonchev–Trinajstić information content (AvgIpc) is 3.50. The van der Waals surface area contributed by atoms with Crippen LogP contribution < -0.4 is 4.74 Å². The van der Waals surface area contributed by atoms with Gasteiger partial charge in [-0.05, 0) is 52.8 Å². The Labute approximate surface area is 204 Å². The first-order valence-electron chi connectivity index (χ1n) is 12.2. The second kappa shape index (κ2) is 9.71. The standard InChI is InChI=1S/C30H30N2O3/c1-3-19-7-5-9-23-25(17-31-29(19)23)28(21-11-13-22(14-12-21)35-16-15-27(33)34)26-18-32-30-20(4-2)8-6-10-24(26)30/h5-14,17-18,28,31-32H,3-4,15-16H2,1-2H3,(H,33,34). The molecule has 3 aromatic carbocycles. The second-order valence-corrected chi connectivity index (χ2v) is 8.87. The molecule has 0 aliphatic rings. The zero-order valence-electron chi connectivity index (χ0n) is 20.1. The van der Waals surface area contributed by atoms with Crippen LogP contribution in [0.1, 0.15) is 54.0 Å². The lowest BCUT2D eigenvalue weighted by molar-refractivity contribution is -0.137. The minimum atomic E-state index is -0.863. The van der Waals surface area contributed by atoms with E-state index in [9.17, 15) is 4.79 Å². The number of ether oxygens (including phenoxy) is 1. The van der Waals surface area contributed by atoms with Gasteiger partial charge in [-0.25, -0.2) is 0 Å². The van der Waals surface area contributed by atoms with Crippen molar-refractivity contribution in [1.82, 2.24) is 9.97 Å². The molecule has 0 spiro atoms. The van der Waals surface area contributed by atoms with Crippen LogP contribution in [-0.4, -0.2) is 27.7 Å². The number of nitrogens with one attached hydrogen (secondary N) is 2. The van der Waals surface area contributed by atoms with Crippen molar-refractivity contribution in [3.63, 3.8) is 0 Å². The summed E-state index contributed by atoms with van der Waals surface area (Å²) in [5.74, 6) is -0.170. The minimum Gasteiger partial charge on any atom is -0.493 e. The Balaban J connectivity index is 1.63. The molecule has 0 aliphatic heterocycles. The number of hydrogen-bond acceptors (Lipinski definition) is 2. The molecule has 0 aliphatic carbocycles. The zero-order valence-corrected chi connectivity index (χ0v) is 20.1. The Morgan fingerprint density at radius 3 is 1.86 bits per heavy atom. The molecule has 0 fully saturated rings. The summed E-state index contributed by atoms with van der Waals surface area (Å²) >= 11 is 0. The quantitative estimate of drug-likeness (QED) is 0.223. The van der Waals surface area contributed by atoms with Gasteiger partial charge in [0.05, 0.1) is 13.0 Å². The number of para-hydroxylation sites is 2. The van der Waals surface area contributed by atoms with Crippen LogP contribution in [0.4, 0.5) is 0 Å². The van der Waals surface area contributed by atoms with Crippen LogP contribution in [0.5, 0.6) is 5.75 Å². The van der Waals surface area contributed by atoms with E-state index in [1.165, 1.54) is 44.1 Å². The molecule has 0 atom stereocenters. The summed E-state index contributed by atoms with van der Waals surface area (Å²) in [5, 5.41) is 11.3. The van der Waals surface area contributed by atoms with Crippen LogP contribution in [0.15, 0.2) is 73.1 Å². The maximum absolute atomic E-state index is 10.8. The number of carboxylic acid groups (broad SMARTS) is 1. The summed E-state index contributed by atoms with van der Waals surface area (Å²) in [6, 6.07) is 21.1. The highest BCUT2D eigenvalue weighted by molar-refractivity contribution is 5.91. The molecular weight excluding hydrogens is 436 g/mol. The van der Waals surface area contributed by atoms with E-state index >= 15 is 0 Å².